The van der Waals surface area contributed by atoms with Gasteiger partial charge >= 0.3 is 0 Å². The quantitative estimate of drug-likeness (QED) is 0.721. The van der Waals surface area contributed by atoms with Crippen LogP contribution in [0.15, 0.2) is 60.9 Å². The van der Waals surface area contributed by atoms with Crippen molar-refractivity contribution in [1.82, 2.24) is 9.88 Å². The zero-order chi connectivity index (χ0) is 17.3. The van der Waals surface area contributed by atoms with Crippen LogP contribution in [0.2, 0.25) is 0 Å². The van der Waals surface area contributed by atoms with E-state index in [9.17, 15) is 0 Å². The summed E-state index contributed by atoms with van der Waals surface area (Å²) in [6.07, 6.45) is 7.76. The lowest BCUT2D eigenvalue weighted by Gasteiger charge is -2.18. The smallest absolute Gasteiger partial charge is 0.0423 e. The topological polar surface area (TPSA) is 28.2 Å². The van der Waals surface area contributed by atoms with Crippen molar-refractivity contribution in [2.45, 2.75) is 37.8 Å². The summed E-state index contributed by atoms with van der Waals surface area (Å²) in [6, 6.07) is 18.3. The summed E-state index contributed by atoms with van der Waals surface area (Å²) < 4.78 is 0. The number of nitrogens with one attached hydrogen (secondary N) is 1. The molecule has 0 unspecified atom stereocenters. The molecule has 1 N–H and O–H groups in total. The van der Waals surface area contributed by atoms with Gasteiger partial charge in [-0.25, -0.2) is 0 Å². The number of anilines is 1. The predicted molar refractivity (Wildman–Crippen MR) is 107 cm³/mol. The van der Waals surface area contributed by atoms with E-state index in [0.717, 1.165) is 25.6 Å². The molecule has 3 aromatic rings. The molecule has 1 aliphatic heterocycles. The van der Waals surface area contributed by atoms with Gasteiger partial charge in [-0.05, 0) is 48.4 Å². The SMILES string of the molecule is c1cc(CN2CC[C@@H](Nc3cccc4cnccc34)C2)cc(C2CC2)c1. The van der Waals surface area contributed by atoms with Gasteiger partial charge in [0, 0.05) is 54.5 Å². The molecule has 2 fully saturated rings. The Morgan fingerprint density at radius 2 is 1.96 bits per heavy atom. The number of nitrogens with zero attached hydrogens (tertiary/aromatic N) is 2. The lowest BCUT2D eigenvalue weighted by Crippen LogP contribution is -2.26. The highest BCUT2D eigenvalue weighted by Gasteiger charge is 2.25. The normalized spacial score (nSPS) is 20.5. The number of fused-ring (bicyclic) bond motifs is 1. The first kappa shape index (κ1) is 15.8. The van der Waals surface area contributed by atoms with E-state index < -0.39 is 0 Å². The highest BCUT2D eigenvalue weighted by molar-refractivity contribution is 5.93. The lowest BCUT2D eigenvalue weighted by atomic mass is 10.1. The molecule has 2 heterocycles. The molecule has 0 bridgehead atoms. The van der Waals surface area contributed by atoms with Crippen molar-refractivity contribution < 1.29 is 0 Å². The summed E-state index contributed by atoms with van der Waals surface area (Å²) in [4.78, 5) is 6.81. The van der Waals surface area contributed by atoms with Gasteiger partial charge in [-0.2, -0.15) is 0 Å². The Bertz CT molecular complexity index is 911. The first-order valence-corrected chi connectivity index (χ1v) is 9.76. The van der Waals surface area contributed by atoms with Crippen molar-refractivity contribution in [2.75, 3.05) is 18.4 Å². The van der Waals surface area contributed by atoms with Crippen molar-refractivity contribution in [1.29, 1.82) is 0 Å². The molecule has 132 valence electrons. The summed E-state index contributed by atoms with van der Waals surface area (Å²) in [5, 5.41) is 6.23. The summed E-state index contributed by atoms with van der Waals surface area (Å²) in [5.74, 6) is 0.837. The Kier molecular flexibility index (Phi) is 4.10. The molecule has 2 aliphatic rings. The van der Waals surface area contributed by atoms with Crippen LogP contribution in [0.3, 0.4) is 0 Å². The second-order valence-corrected chi connectivity index (χ2v) is 7.79. The molecule has 1 atom stereocenters. The van der Waals surface area contributed by atoms with E-state index in [1.165, 1.54) is 41.3 Å². The third-order valence-electron chi connectivity index (χ3n) is 5.72. The van der Waals surface area contributed by atoms with Gasteiger partial charge in [-0.3, -0.25) is 9.88 Å². The van der Waals surface area contributed by atoms with Gasteiger partial charge in [0.25, 0.3) is 0 Å². The molecule has 1 saturated carbocycles. The lowest BCUT2D eigenvalue weighted by molar-refractivity contribution is 0.328. The molecule has 3 heteroatoms. The molecule has 1 aliphatic carbocycles. The van der Waals surface area contributed by atoms with Crippen LogP contribution in [0, 0.1) is 0 Å². The van der Waals surface area contributed by atoms with Crippen molar-refractivity contribution in [3.05, 3.63) is 72.1 Å². The Morgan fingerprint density at radius 3 is 2.88 bits per heavy atom. The van der Waals surface area contributed by atoms with Gasteiger partial charge in [-0.15, -0.1) is 0 Å². The van der Waals surface area contributed by atoms with E-state index >= 15 is 0 Å². The van der Waals surface area contributed by atoms with Crippen molar-refractivity contribution in [3.63, 3.8) is 0 Å². The van der Waals surface area contributed by atoms with Crippen LogP contribution in [-0.2, 0) is 6.54 Å². The summed E-state index contributed by atoms with van der Waals surface area (Å²) >= 11 is 0. The second kappa shape index (κ2) is 6.73. The number of hydrogen-bond acceptors (Lipinski definition) is 3. The maximum absolute atomic E-state index is 4.23. The standard InChI is InChI=1S/C23H25N3/c1-3-17(13-19(4-1)18-7-8-18)15-26-12-10-21(16-26)25-23-6-2-5-20-14-24-11-9-22(20)23/h1-6,9,11,13-14,18,21,25H,7-8,10,12,15-16H2/t21-/m1/s1. The number of aromatic nitrogens is 1. The first-order chi connectivity index (χ1) is 12.8. The highest BCUT2D eigenvalue weighted by Crippen LogP contribution is 2.40. The highest BCUT2D eigenvalue weighted by atomic mass is 15.2. The molecule has 3 nitrogen and oxygen atoms in total. The maximum Gasteiger partial charge on any atom is 0.0423 e. The van der Waals surface area contributed by atoms with Crippen LogP contribution in [0.5, 0.6) is 0 Å². The zero-order valence-electron chi connectivity index (χ0n) is 15.1. The average Bonchev–Trinajstić information content (AvgIpc) is 3.44. The first-order valence-electron chi connectivity index (χ1n) is 9.76. The van der Waals surface area contributed by atoms with Gasteiger partial charge in [-0.1, -0.05) is 36.4 Å². The van der Waals surface area contributed by atoms with Gasteiger partial charge in [0.2, 0.25) is 0 Å². The molecule has 0 spiro atoms. The third-order valence-corrected chi connectivity index (χ3v) is 5.72. The zero-order valence-corrected chi connectivity index (χ0v) is 15.1. The number of pyridine rings is 1. The minimum absolute atomic E-state index is 0.514. The van der Waals surface area contributed by atoms with Crippen LogP contribution >= 0.6 is 0 Å². The summed E-state index contributed by atoms with van der Waals surface area (Å²) in [5.41, 5.74) is 4.24. The van der Waals surface area contributed by atoms with E-state index in [1.807, 2.05) is 12.4 Å². The Hall–Kier alpha value is -2.39. The molecule has 26 heavy (non-hydrogen) atoms. The van der Waals surface area contributed by atoms with E-state index in [2.05, 4.69) is 63.7 Å². The molecule has 0 radical (unpaired) electrons. The molecule has 1 aromatic heterocycles. The maximum atomic E-state index is 4.23. The second-order valence-electron chi connectivity index (χ2n) is 7.79. The fraction of sp³-hybridized carbons (Fsp3) is 0.348. The van der Waals surface area contributed by atoms with Gasteiger partial charge in [0.05, 0.1) is 0 Å². The minimum atomic E-state index is 0.514. The average molecular weight is 343 g/mol. The van der Waals surface area contributed by atoms with Gasteiger partial charge in [0.15, 0.2) is 0 Å². The monoisotopic (exact) mass is 343 g/mol. The van der Waals surface area contributed by atoms with Gasteiger partial charge in [0.1, 0.15) is 0 Å². The fourth-order valence-corrected chi connectivity index (χ4v) is 4.18. The Labute approximate surface area is 155 Å². The van der Waals surface area contributed by atoms with E-state index in [0.29, 0.717) is 6.04 Å². The number of rotatable bonds is 5. The largest absolute Gasteiger partial charge is 0.380 e. The van der Waals surface area contributed by atoms with Crippen LogP contribution in [0.4, 0.5) is 5.69 Å². The van der Waals surface area contributed by atoms with E-state index in [-0.39, 0.29) is 0 Å². The predicted octanol–water partition coefficient (Wildman–Crippen LogP) is 4.80. The molecular weight excluding hydrogens is 318 g/mol. The molecular formula is C23H25N3. The van der Waals surface area contributed by atoms with Crippen LogP contribution in [0.25, 0.3) is 10.8 Å². The van der Waals surface area contributed by atoms with Crippen LogP contribution in [-0.4, -0.2) is 29.0 Å². The Balaban J connectivity index is 1.25. The molecule has 2 aromatic carbocycles. The third kappa shape index (κ3) is 3.32. The van der Waals surface area contributed by atoms with Crippen molar-refractivity contribution >= 4 is 16.5 Å². The van der Waals surface area contributed by atoms with Crippen LogP contribution < -0.4 is 5.32 Å². The number of benzene rings is 2. The van der Waals surface area contributed by atoms with E-state index in [1.54, 1.807) is 5.56 Å². The molecule has 1 saturated heterocycles. The van der Waals surface area contributed by atoms with Crippen molar-refractivity contribution in [3.8, 4) is 0 Å². The van der Waals surface area contributed by atoms with Gasteiger partial charge < -0.3 is 5.32 Å². The number of likely N-dealkylation sites (tertiary alicyclic amines) is 1. The fourth-order valence-electron chi connectivity index (χ4n) is 4.18. The number of hydrogen-bond donors (Lipinski definition) is 1. The molecule has 0 amide bonds. The van der Waals surface area contributed by atoms with Crippen LogP contribution in [0.1, 0.15) is 36.3 Å². The van der Waals surface area contributed by atoms with Crippen molar-refractivity contribution in [2.24, 2.45) is 0 Å². The molecule has 5 rings (SSSR count). The summed E-state index contributed by atoms with van der Waals surface area (Å²) in [7, 11) is 0. The minimum Gasteiger partial charge on any atom is -0.380 e. The summed E-state index contributed by atoms with van der Waals surface area (Å²) in [6.45, 7) is 3.34. The van der Waals surface area contributed by atoms with E-state index in [4.69, 9.17) is 0 Å². The Morgan fingerprint density at radius 1 is 1.04 bits per heavy atom.